The second-order valence-corrected chi connectivity index (χ2v) is 10.4. The Morgan fingerprint density at radius 1 is 1.28 bits per heavy atom. The lowest BCUT2D eigenvalue weighted by molar-refractivity contribution is -0.172. The number of carbonyl (C=O) groups is 3. The summed E-state index contributed by atoms with van der Waals surface area (Å²) in [4.78, 5) is 36.9. The number of hydrogen-bond acceptors (Lipinski definition) is 5. The number of rotatable bonds is 4. The minimum atomic E-state index is -0.705. The third-order valence-electron chi connectivity index (χ3n) is 7.22. The molecule has 7 heteroatoms. The van der Waals surface area contributed by atoms with E-state index in [1.165, 1.54) is 6.92 Å². The summed E-state index contributed by atoms with van der Waals surface area (Å²) in [7, 11) is 0. The monoisotopic (exact) mass is 425 g/mol. The Hall–Kier alpha value is -1.56. The normalized spacial score (nSPS) is 34.2. The van der Waals surface area contributed by atoms with Crippen LogP contribution in [0.25, 0.3) is 0 Å². The van der Waals surface area contributed by atoms with Gasteiger partial charge in [0, 0.05) is 12.3 Å². The number of fused-ring (bicyclic) bond motifs is 2. The van der Waals surface area contributed by atoms with E-state index in [4.69, 9.17) is 21.1 Å². The fourth-order valence-corrected chi connectivity index (χ4v) is 6.00. The van der Waals surface area contributed by atoms with Gasteiger partial charge in [-0.25, -0.2) is 9.59 Å². The zero-order valence-electron chi connectivity index (χ0n) is 18.1. The van der Waals surface area contributed by atoms with Gasteiger partial charge in [-0.3, -0.25) is 4.79 Å². The van der Waals surface area contributed by atoms with E-state index in [-0.39, 0.29) is 41.1 Å². The topological polar surface area (TPSA) is 81.7 Å². The van der Waals surface area contributed by atoms with Crippen LogP contribution in [0.5, 0.6) is 0 Å². The van der Waals surface area contributed by atoms with E-state index in [1.807, 2.05) is 13.8 Å². The molecule has 1 aliphatic heterocycles. The quantitative estimate of drug-likeness (QED) is 0.551. The van der Waals surface area contributed by atoms with Crippen LogP contribution in [0, 0.1) is 22.7 Å². The molecule has 1 fully saturated rings. The molecule has 5 atom stereocenters. The molecule has 0 aromatic rings. The van der Waals surface area contributed by atoms with Crippen LogP contribution in [-0.4, -0.2) is 42.0 Å². The molecule has 1 saturated carbocycles. The summed E-state index contributed by atoms with van der Waals surface area (Å²) in [5.41, 5.74) is 0.892. The van der Waals surface area contributed by atoms with Crippen LogP contribution in [0.2, 0.25) is 0 Å². The number of alkyl halides is 1. The largest absolute Gasteiger partial charge is 0.460 e. The number of amides is 1. The Kier molecular flexibility index (Phi) is 5.80. The minimum Gasteiger partial charge on any atom is -0.460 e. The predicted molar refractivity (Wildman–Crippen MR) is 109 cm³/mol. The van der Waals surface area contributed by atoms with Crippen molar-refractivity contribution in [1.82, 2.24) is 5.32 Å². The fraction of sp³-hybridized carbons (Fsp3) is 0.773. The Morgan fingerprint density at radius 2 is 1.93 bits per heavy atom. The van der Waals surface area contributed by atoms with Gasteiger partial charge in [0.25, 0.3) is 0 Å². The second-order valence-electron chi connectivity index (χ2n) is 9.88. The van der Waals surface area contributed by atoms with Crippen LogP contribution in [0.3, 0.4) is 0 Å². The highest BCUT2D eigenvalue weighted by molar-refractivity contribution is 6.25. The van der Waals surface area contributed by atoms with Gasteiger partial charge in [0.15, 0.2) is 0 Å². The maximum absolute atomic E-state index is 13.0. The van der Waals surface area contributed by atoms with Crippen molar-refractivity contribution in [3.8, 4) is 0 Å². The molecule has 0 spiro atoms. The molecule has 1 heterocycles. The van der Waals surface area contributed by atoms with Crippen molar-refractivity contribution < 1.29 is 23.9 Å². The first-order chi connectivity index (χ1) is 13.4. The van der Waals surface area contributed by atoms with E-state index in [2.05, 4.69) is 26.1 Å². The average molecular weight is 426 g/mol. The third-order valence-corrected chi connectivity index (χ3v) is 7.62. The molecule has 0 aromatic heterocycles. The standard InChI is InChI=1S/C22H32ClNO5/c1-11(2)18(24-12(3)25)20(27)29-16-7-8-21(4,5)15-9-14(23)17-13(22(15,16)6)10-28-19(17)26/h11,14-16,18H,7-10H2,1-6H3,(H,24,25)/t14-,15+,16+,18+,22-/m1/s1. The smallest absolute Gasteiger partial charge is 0.335 e. The van der Waals surface area contributed by atoms with Crippen LogP contribution in [0.4, 0.5) is 0 Å². The highest BCUT2D eigenvalue weighted by Crippen LogP contribution is 2.62. The van der Waals surface area contributed by atoms with E-state index < -0.39 is 23.5 Å². The van der Waals surface area contributed by atoms with Crippen molar-refractivity contribution in [2.24, 2.45) is 22.7 Å². The van der Waals surface area contributed by atoms with E-state index in [1.54, 1.807) is 0 Å². The lowest BCUT2D eigenvalue weighted by atomic mass is 9.49. The van der Waals surface area contributed by atoms with Crippen molar-refractivity contribution in [1.29, 1.82) is 0 Å². The molecule has 3 rings (SSSR count). The summed E-state index contributed by atoms with van der Waals surface area (Å²) >= 11 is 6.61. The second kappa shape index (κ2) is 7.60. The molecule has 0 unspecified atom stereocenters. The molecule has 2 aliphatic carbocycles. The zero-order valence-corrected chi connectivity index (χ0v) is 18.9. The maximum Gasteiger partial charge on any atom is 0.335 e. The Labute approximate surface area is 177 Å². The van der Waals surface area contributed by atoms with E-state index >= 15 is 0 Å². The summed E-state index contributed by atoms with van der Waals surface area (Å²) in [6.45, 7) is 11.9. The molecule has 0 bridgehead atoms. The lowest BCUT2D eigenvalue weighted by Gasteiger charge is -2.57. The van der Waals surface area contributed by atoms with E-state index in [9.17, 15) is 14.4 Å². The summed E-state index contributed by atoms with van der Waals surface area (Å²) in [5.74, 6) is -1.00. The van der Waals surface area contributed by atoms with Gasteiger partial charge in [0.2, 0.25) is 5.91 Å². The van der Waals surface area contributed by atoms with E-state index in [0.717, 1.165) is 12.0 Å². The Balaban J connectivity index is 1.97. The summed E-state index contributed by atoms with van der Waals surface area (Å²) in [5, 5.41) is 2.32. The number of carbonyl (C=O) groups excluding carboxylic acids is 3. The van der Waals surface area contributed by atoms with Crippen molar-refractivity contribution in [3.05, 3.63) is 11.1 Å². The highest BCUT2D eigenvalue weighted by Gasteiger charge is 2.61. The maximum atomic E-state index is 13.0. The van der Waals surface area contributed by atoms with Gasteiger partial charge in [-0.05, 0) is 42.1 Å². The van der Waals surface area contributed by atoms with Crippen molar-refractivity contribution in [3.63, 3.8) is 0 Å². The van der Waals surface area contributed by atoms with Gasteiger partial charge >= 0.3 is 11.9 Å². The molecule has 0 radical (unpaired) electrons. The predicted octanol–water partition coefficient (Wildman–Crippen LogP) is 3.37. The van der Waals surface area contributed by atoms with Gasteiger partial charge in [0.05, 0.1) is 11.0 Å². The number of nitrogens with one attached hydrogen (secondary N) is 1. The lowest BCUT2D eigenvalue weighted by Crippen LogP contribution is -2.57. The first-order valence-corrected chi connectivity index (χ1v) is 10.9. The minimum absolute atomic E-state index is 0.00987. The number of cyclic esters (lactones) is 1. The number of halogens is 1. The van der Waals surface area contributed by atoms with Gasteiger partial charge in [-0.1, -0.05) is 34.6 Å². The third kappa shape index (κ3) is 3.69. The van der Waals surface area contributed by atoms with Gasteiger partial charge in [0.1, 0.15) is 18.8 Å². The summed E-state index contributed by atoms with van der Waals surface area (Å²) < 4.78 is 11.4. The number of ether oxygens (including phenoxy) is 2. The van der Waals surface area contributed by atoms with Crippen molar-refractivity contribution in [2.75, 3.05) is 6.61 Å². The molecule has 3 aliphatic rings. The molecule has 0 aromatic carbocycles. The molecule has 29 heavy (non-hydrogen) atoms. The van der Waals surface area contributed by atoms with Gasteiger partial charge in [-0.15, -0.1) is 11.6 Å². The molecule has 0 saturated heterocycles. The van der Waals surface area contributed by atoms with Crippen LogP contribution in [-0.2, 0) is 23.9 Å². The summed E-state index contributed by atoms with van der Waals surface area (Å²) in [6.07, 6.45) is 1.83. The molecule has 1 amide bonds. The Bertz CT molecular complexity index is 758. The molecule has 6 nitrogen and oxygen atoms in total. The van der Waals surface area contributed by atoms with Crippen LogP contribution < -0.4 is 5.32 Å². The van der Waals surface area contributed by atoms with Crippen LogP contribution in [0.15, 0.2) is 11.1 Å². The fourth-order valence-electron chi connectivity index (χ4n) is 5.60. The molecular formula is C22H32ClNO5. The van der Waals surface area contributed by atoms with Gasteiger partial charge < -0.3 is 14.8 Å². The molecule has 1 N–H and O–H groups in total. The first-order valence-electron chi connectivity index (χ1n) is 10.4. The molecule has 162 valence electrons. The van der Waals surface area contributed by atoms with Crippen molar-refractivity contribution in [2.45, 2.75) is 78.3 Å². The SMILES string of the molecule is CC(=O)N[C@H](C(=O)O[C@H]1CCC(C)(C)[C@@H]2C[C@@H](Cl)C3=C(COC3=O)[C@@]12C)C(C)C. The highest BCUT2D eigenvalue weighted by atomic mass is 35.5. The number of esters is 2. The van der Waals surface area contributed by atoms with Crippen LogP contribution >= 0.6 is 11.6 Å². The number of hydrogen-bond donors (Lipinski definition) is 1. The van der Waals surface area contributed by atoms with Gasteiger partial charge in [-0.2, -0.15) is 0 Å². The first kappa shape index (κ1) is 22.1. The van der Waals surface area contributed by atoms with Crippen molar-refractivity contribution >= 4 is 29.4 Å². The zero-order chi connectivity index (χ0) is 21.7. The van der Waals surface area contributed by atoms with Crippen LogP contribution in [0.1, 0.15) is 60.8 Å². The average Bonchev–Trinajstić information content (AvgIpc) is 3.01. The molecular weight excluding hydrogens is 394 g/mol. The van der Waals surface area contributed by atoms with E-state index in [0.29, 0.717) is 18.4 Å². The Morgan fingerprint density at radius 3 is 2.52 bits per heavy atom. The summed E-state index contributed by atoms with van der Waals surface area (Å²) in [6, 6.07) is -0.705.